The van der Waals surface area contributed by atoms with Crippen LogP contribution >= 0.6 is 11.8 Å². The normalized spacial score (nSPS) is 35.9. The quantitative estimate of drug-likeness (QED) is 0.780. The van der Waals surface area contributed by atoms with Crippen LogP contribution in [0.25, 0.3) is 0 Å². The van der Waals surface area contributed by atoms with E-state index in [4.69, 9.17) is 5.73 Å². The van der Waals surface area contributed by atoms with Crippen molar-refractivity contribution in [1.29, 1.82) is 0 Å². The number of carbonyl (C=O) groups excluding carboxylic acids is 1. The predicted molar refractivity (Wildman–Crippen MR) is 82.3 cm³/mol. The molecule has 0 aromatic carbocycles. The van der Waals surface area contributed by atoms with Gasteiger partial charge in [0, 0.05) is 17.3 Å². The Hall–Kier alpha value is -0.220. The molecule has 2 fully saturated rings. The van der Waals surface area contributed by atoms with Gasteiger partial charge >= 0.3 is 0 Å². The fourth-order valence-corrected chi connectivity index (χ4v) is 4.65. The first-order valence-corrected chi connectivity index (χ1v) is 8.94. The molecule has 0 bridgehead atoms. The molecule has 0 heterocycles. The first-order chi connectivity index (χ1) is 9.22. The monoisotopic (exact) mass is 284 g/mol. The van der Waals surface area contributed by atoms with Crippen molar-refractivity contribution in [3.05, 3.63) is 0 Å². The van der Waals surface area contributed by atoms with Crippen LogP contribution in [0.1, 0.15) is 58.3 Å². The van der Waals surface area contributed by atoms with Crippen molar-refractivity contribution >= 4 is 17.7 Å². The van der Waals surface area contributed by atoms with Crippen LogP contribution in [0.4, 0.5) is 0 Å². The van der Waals surface area contributed by atoms with Gasteiger partial charge in [-0.05, 0) is 31.4 Å². The van der Waals surface area contributed by atoms with E-state index >= 15 is 0 Å². The number of amides is 1. The molecule has 4 unspecified atom stereocenters. The van der Waals surface area contributed by atoms with Crippen LogP contribution < -0.4 is 11.1 Å². The molecule has 0 spiro atoms. The molecule has 2 rings (SSSR count). The molecule has 110 valence electrons. The van der Waals surface area contributed by atoms with Crippen molar-refractivity contribution in [2.75, 3.05) is 5.75 Å². The first-order valence-electron chi connectivity index (χ1n) is 7.90. The Labute approximate surface area is 121 Å². The van der Waals surface area contributed by atoms with Gasteiger partial charge in [0.15, 0.2) is 0 Å². The maximum atomic E-state index is 12.5. The van der Waals surface area contributed by atoms with E-state index in [0.29, 0.717) is 11.3 Å². The molecule has 1 amide bonds. The van der Waals surface area contributed by atoms with E-state index in [1.807, 2.05) is 11.8 Å². The number of nitrogens with two attached hydrogens (primary N) is 1. The van der Waals surface area contributed by atoms with Crippen LogP contribution in [0, 0.1) is 5.92 Å². The standard InChI is InChI=1S/C15H28N2OS/c1-2-19-14-10-6-9-13(14)17-15(18)11-7-4-3-5-8-12(11)16/h11-14H,2-10,16H2,1H3,(H,17,18). The largest absolute Gasteiger partial charge is 0.352 e. The lowest BCUT2D eigenvalue weighted by molar-refractivity contribution is -0.126. The molecule has 0 aromatic rings. The zero-order chi connectivity index (χ0) is 13.7. The molecule has 0 aromatic heterocycles. The van der Waals surface area contributed by atoms with E-state index in [9.17, 15) is 4.79 Å². The summed E-state index contributed by atoms with van der Waals surface area (Å²) in [6.45, 7) is 2.20. The second-order valence-corrected chi connectivity index (χ2v) is 7.46. The van der Waals surface area contributed by atoms with Crippen molar-refractivity contribution in [2.24, 2.45) is 11.7 Å². The number of nitrogens with one attached hydrogen (secondary N) is 1. The van der Waals surface area contributed by atoms with Crippen molar-refractivity contribution in [3.63, 3.8) is 0 Å². The van der Waals surface area contributed by atoms with Gasteiger partial charge in [-0.3, -0.25) is 4.79 Å². The maximum absolute atomic E-state index is 12.5. The van der Waals surface area contributed by atoms with Gasteiger partial charge < -0.3 is 11.1 Å². The Balaban J connectivity index is 1.88. The summed E-state index contributed by atoms with van der Waals surface area (Å²) in [7, 11) is 0. The van der Waals surface area contributed by atoms with E-state index in [1.54, 1.807) is 0 Å². The van der Waals surface area contributed by atoms with Gasteiger partial charge in [0.1, 0.15) is 0 Å². The third kappa shape index (κ3) is 4.12. The lowest BCUT2D eigenvalue weighted by Gasteiger charge is -2.25. The minimum absolute atomic E-state index is 0.0513. The van der Waals surface area contributed by atoms with Crippen molar-refractivity contribution in [2.45, 2.75) is 75.6 Å². The molecular weight excluding hydrogens is 256 g/mol. The van der Waals surface area contributed by atoms with Crippen LogP contribution in [0.15, 0.2) is 0 Å². The highest BCUT2D eigenvalue weighted by Crippen LogP contribution is 2.30. The SMILES string of the molecule is CCSC1CCCC1NC(=O)C1CCCCCC1N. The fraction of sp³-hybridized carbons (Fsp3) is 0.933. The average molecular weight is 284 g/mol. The number of rotatable bonds is 4. The summed E-state index contributed by atoms with van der Waals surface area (Å²) >= 11 is 1.99. The molecule has 0 aliphatic heterocycles. The minimum Gasteiger partial charge on any atom is -0.352 e. The Morgan fingerprint density at radius 3 is 2.74 bits per heavy atom. The number of hydrogen-bond donors (Lipinski definition) is 2. The zero-order valence-corrected chi connectivity index (χ0v) is 12.9. The molecule has 2 aliphatic carbocycles. The van der Waals surface area contributed by atoms with E-state index in [2.05, 4.69) is 12.2 Å². The van der Waals surface area contributed by atoms with Crippen LogP contribution in [0.2, 0.25) is 0 Å². The van der Waals surface area contributed by atoms with Crippen molar-refractivity contribution in [3.8, 4) is 0 Å². The minimum atomic E-state index is 0.0513. The second-order valence-electron chi connectivity index (χ2n) is 5.95. The van der Waals surface area contributed by atoms with Crippen LogP contribution in [-0.4, -0.2) is 29.0 Å². The highest BCUT2D eigenvalue weighted by molar-refractivity contribution is 7.99. The lowest BCUT2D eigenvalue weighted by atomic mass is 9.94. The number of thioether (sulfide) groups is 1. The van der Waals surface area contributed by atoms with Gasteiger partial charge in [0.25, 0.3) is 0 Å². The van der Waals surface area contributed by atoms with E-state index < -0.39 is 0 Å². The fourth-order valence-electron chi connectivity index (χ4n) is 3.46. The Morgan fingerprint density at radius 2 is 1.95 bits per heavy atom. The summed E-state index contributed by atoms with van der Waals surface area (Å²) < 4.78 is 0. The second kappa shape index (κ2) is 7.53. The Morgan fingerprint density at radius 1 is 1.16 bits per heavy atom. The summed E-state index contributed by atoms with van der Waals surface area (Å²) in [5.41, 5.74) is 6.18. The smallest absolute Gasteiger partial charge is 0.224 e. The topological polar surface area (TPSA) is 55.1 Å². The zero-order valence-electron chi connectivity index (χ0n) is 12.1. The molecule has 4 heteroatoms. The number of carbonyl (C=O) groups is 1. The van der Waals surface area contributed by atoms with Crippen LogP contribution in [-0.2, 0) is 4.79 Å². The maximum Gasteiger partial charge on any atom is 0.224 e. The molecule has 3 N–H and O–H groups in total. The van der Waals surface area contributed by atoms with Crippen LogP contribution in [0.5, 0.6) is 0 Å². The highest BCUT2D eigenvalue weighted by Gasteiger charge is 2.32. The van der Waals surface area contributed by atoms with E-state index in [-0.39, 0.29) is 17.9 Å². The van der Waals surface area contributed by atoms with Crippen LogP contribution in [0.3, 0.4) is 0 Å². The molecule has 4 atom stereocenters. The van der Waals surface area contributed by atoms with Crippen molar-refractivity contribution < 1.29 is 4.79 Å². The van der Waals surface area contributed by atoms with Gasteiger partial charge in [-0.2, -0.15) is 11.8 Å². The van der Waals surface area contributed by atoms with Gasteiger partial charge in [-0.25, -0.2) is 0 Å². The van der Waals surface area contributed by atoms with E-state index in [0.717, 1.165) is 31.4 Å². The summed E-state index contributed by atoms with van der Waals surface area (Å²) in [6.07, 6.45) is 9.20. The predicted octanol–water partition coefficient (Wildman–Crippen LogP) is 2.68. The van der Waals surface area contributed by atoms with Gasteiger partial charge in [-0.1, -0.05) is 32.6 Å². The average Bonchev–Trinajstić information content (AvgIpc) is 2.69. The highest BCUT2D eigenvalue weighted by atomic mass is 32.2. The number of hydrogen-bond acceptors (Lipinski definition) is 3. The van der Waals surface area contributed by atoms with E-state index in [1.165, 1.54) is 25.7 Å². The molecule has 19 heavy (non-hydrogen) atoms. The summed E-state index contributed by atoms with van der Waals surface area (Å²) in [6, 6.07) is 0.453. The third-order valence-corrected chi connectivity index (χ3v) is 5.89. The molecule has 0 radical (unpaired) electrons. The van der Waals surface area contributed by atoms with Gasteiger partial charge in [-0.15, -0.1) is 0 Å². The Kier molecular flexibility index (Phi) is 6.02. The third-order valence-electron chi connectivity index (χ3n) is 4.57. The Bertz CT molecular complexity index is 298. The molecule has 3 nitrogen and oxygen atoms in total. The molecule has 2 aliphatic rings. The lowest BCUT2D eigenvalue weighted by Crippen LogP contribution is -2.47. The first kappa shape index (κ1) is 15.2. The molecule has 0 saturated heterocycles. The molecular formula is C15H28N2OS. The summed E-state index contributed by atoms with van der Waals surface area (Å²) in [4.78, 5) is 12.5. The van der Waals surface area contributed by atoms with Gasteiger partial charge in [0.05, 0.1) is 5.92 Å². The summed E-state index contributed by atoms with van der Waals surface area (Å²) in [5, 5.41) is 3.92. The molecule has 2 saturated carbocycles. The van der Waals surface area contributed by atoms with Crippen molar-refractivity contribution in [1.82, 2.24) is 5.32 Å². The van der Waals surface area contributed by atoms with Gasteiger partial charge in [0.2, 0.25) is 5.91 Å². The summed E-state index contributed by atoms with van der Waals surface area (Å²) in [5.74, 6) is 1.42.